The summed E-state index contributed by atoms with van der Waals surface area (Å²) in [6.07, 6.45) is 1.57. The minimum absolute atomic E-state index is 0.105. The first-order valence-corrected chi connectivity index (χ1v) is 9.28. The predicted octanol–water partition coefficient (Wildman–Crippen LogP) is 5.05. The molecule has 0 aliphatic rings. The van der Waals surface area contributed by atoms with Gasteiger partial charge in [-0.1, -0.05) is 39.8 Å². The van der Waals surface area contributed by atoms with E-state index in [1.807, 2.05) is 24.3 Å². The molecule has 3 aromatic rings. The van der Waals surface area contributed by atoms with Crippen LogP contribution in [0.4, 0.5) is 0 Å². The second-order valence-electron chi connectivity index (χ2n) is 4.86. The third-order valence-corrected chi connectivity index (χ3v) is 6.07. The van der Waals surface area contributed by atoms with Crippen LogP contribution in [0.5, 0.6) is 0 Å². The molecule has 22 heavy (non-hydrogen) atoms. The molecule has 1 aromatic carbocycles. The standard InChI is InChI=1S/C16H13BrN2OS2/c1-9-10(2)22-16-14(9)15(18-8-19-16)21-7-13(20)11-3-5-12(17)6-4-11/h3-6,8H,7H2,1-2H3. The summed E-state index contributed by atoms with van der Waals surface area (Å²) < 4.78 is 0.971. The fourth-order valence-corrected chi connectivity index (χ4v) is 4.39. The van der Waals surface area contributed by atoms with Gasteiger partial charge in [0.1, 0.15) is 16.2 Å². The number of hydrogen-bond donors (Lipinski definition) is 0. The molecule has 0 spiro atoms. The average molecular weight is 393 g/mol. The average Bonchev–Trinajstić information content (AvgIpc) is 2.81. The van der Waals surface area contributed by atoms with Crippen LogP contribution in [0, 0.1) is 13.8 Å². The maximum atomic E-state index is 12.3. The molecule has 0 aliphatic carbocycles. The number of carbonyl (C=O) groups is 1. The Bertz CT molecular complexity index is 843. The summed E-state index contributed by atoms with van der Waals surface area (Å²) in [7, 11) is 0. The SMILES string of the molecule is Cc1sc2ncnc(SCC(=O)c3ccc(Br)cc3)c2c1C. The Morgan fingerprint density at radius 2 is 1.95 bits per heavy atom. The summed E-state index contributed by atoms with van der Waals surface area (Å²) in [5.41, 5.74) is 1.93. The number of aryl methyl sites for hydroxylation is 2. The number of rotatable bonds is 4. The van der Waals surface area contributed by atoms with E-state index in [1.165, 1.54) is 22.2 Å². The highest BCUT2D eigenvalue weighted by molar-refractivity contribution is 9.10. The fraction of sp³-hybridized carbons (Fsp3) is 0.188. The second-order valence-corrected chi connectivity index (χ2v) is 7.94. The highest BCUT2D eigenvalue weighted by Gasteiger charge is 2.14. The van der Waals surface area contributed by atoms with Crippen molar-refractivity contribution in [3.05, 3.63) is 51.1 Å². The number of fused-ring (bicyclic) bond motifs is 1. The van der Waals surface area contributed by atoms with Crippen molar-refractivity contribution in [2.75, 3.05) is 5.75 Å². The highest BCUT2D eigenvalue weighted by atomic mass is 79.9. The van der Waals surface area contributed by atoms with Crippen LogP contribution in [0.3, 0.4) is 0 Å². The van der Waals surface area contributed by atoms with Gasteiger partial charge in [-0.25, -0.2) is 9.97 Å². The second kappa shape index (κ2) is 6.48. The molecule has 0 saturated carbocycles. The smallest absolute Gasteiger partial charge is 0.173 e. The van der Waals surface area contributed by atoms with E-state index >= 15 is 0 Å². The minimum atomic E-state index is 0.105. The van der Waals surface area contributed by atoms with Gasteiger partial charge in [0, 0.05) is 20.3 Å². The van der Waals surface area contributed by atoms with Crippen molar-refractivity contribution in [3.8, 4) is 0 Å². The van der Waals surface area contributed by atoms with Crippen LogP contribution in [-0.2, 0) is 0 Å². The summed E-state index contributed by atoms with van der Waals surface area (Å²) in [6.45, 7) is 4.17. The van der Waals surface area contributed by atoms with Crippen molar-refractivity contribution in [2.45, 2.75) is 18.9 Å². The number of aromatic nitrogens is 2. The molecule has 3 rings (SSSR count). The monoisotopic (exact) mass is 392 g/mol. The van der Waals surface area contributed by atoms with Gasteiger partial charge in [-0.05, 0) is 31.5 Å². The fourth-order valence-electron chi connectivity index (χ4n) is 2.11. The molecule has 2 heterocycles. The largest absolute Gasteiger partial charge is 0.293 e. The van der Waals surface area contributed by atoms with Crippen LogP contribution >= 0.6 is 39.0 Å². The van der Waals surface area contributed by atoms with E-state index in [2.05, 4.69) is 39.7 Å². The zero-order valence-electron chi connectivity index (χ0n) is 12.1. The summed E-state index contributed by atoms with van der Waals surface area (Å²) in [5.74, 6) is 0.482. The molecular weight excluding hydrogens is 380 g/mol. The highest BCUT2D eigenvalue weighted by Crippen LogP contribution is 2.34. The molecule has 0 saturated heterocycles. The summed E-state index contributed by atoms with van der Waals surface area (Å²) in [5, 5.41) is 1.97. The number of halogens is 1. The number of carbonyl (C=O) groups excluding carboxylic acids is 1. The Morgan fingerprint density at radius 3 is 2.68 bits per heavy atom. The van der Waals surface area contributed by atoms with E-state index in [0.717, 1.165) is 25.3 Å². The summed E-state index contributed by atoms with van der Waals surface area (Å²) >= 11 is 6.52. The van der Waals surface area contributed by atoms with Gasteiger partial charge in [-0.2, -0.15) is 0 Å². The molecule has 0 aliphatic heterocycles. The first-order chi connectivity index (χ1) is 10.6. The number of Topliss-reactive ketones (excluding diaryl/α,β-unsaturated/α-hetero) is 1. The molecular formula is C16H13BrN2OS2. The van der Waals surface area contributed by atoms with Crippen LogP contribution in [-0.4, -0.2) is 21.5 Å². The number of thioether (sulfide) groups is 1. The Hall–Kier alpha value is -1.24. The van der Waals surface area contributed by atoms with Crippen LogP contribution in [0.25, 0.3) is 10.2 Å². The lowest BCUT2D eigenvalue weighted by Gasteiger charge is -2.03. The summed E-state index contributed by atoms with van der Waals surface area (Å²) in [6, 6.07) is 7.44. The predicted molar refractivity (Wildman–Crippen MR) is 96.1 cm³/mol. The lowest BCUT2D eigenvalue weighted by atomic mass is 10.2. The van der Waals surface area contributed by atoms with Gasteiger partial charge in [0.05, 0.1) is 5.75 Å². The normalized spacial score (nSPS) is 11.0. The molecule has 2 aromatic heterocycles. The molecule has 0 bridgehead atoms. The molecule has 0 fully saturated rings. The first kappa shape index (κ1) is 15.6. The Morgan fingerprint density at radius 1 is 1.23 bits per heavy atom. The molecule has 0 atom stereocenters. The Balaban J connectivity index is 1.82. The van der Waals surface area contributed by atoms with Crippen LogP contribution < -0.4 is 0 Å². The van der Waals surface area contributed by atoms with Gasteiger partial charge in [-0.15, -0.1) is 11.3 Å². The molecule has 0 radical (unpaired) electrons. The van der Waals surface area contributed by atoms with E-state index in [9.17, 15) is 4.79 Å². The van der Waals surface area contributed by atoms with Gasteiger partial charge in [-0.3, -0.25) is 4.79 Å². The molecule has 0 N–H and O–H groups in total. The Labute approximate surface area is 145 Å². The lowest BCUT2D eigenvalue weighted by Crippen LogP contribution is -2.02. The zero-order chi connectivity index (χ0) is 15.7. The quantitative estimate of drug-likeness (QED) is 0.354. The first-order valence-electron chi connectivity index (χ1n) is 6.68. The molecule has 0 unspecified atom stereocenters. The van der Waals surface area contributed by atoms with Crippen molar-refractivity contribution in [2.24, 2.45) is 0 Å². The van der Waals surface area contributed by atoms with Crippen molar-refractivity contribution >= 4 is 55.0 Å². The molecule has 112 valence electrons. The van der Waals surface area contributed by atoms with Gasteiger partial charge in [0.25, 0.3) is 0 Å². The van der Waals surface area contributed by atoms with Crippen LogP contribution in [0.15, 0.2) is 40.1 Å². The van der Waals surface area contributed by atoms with E-state index in [-0.39, 0.29) is 5.78 Å². The third-order valence-electron chi connectivity index (χ3n) is 3.44. The minimum Gasteiger partial charge on any atom is -0.293 e. The van der Waals surface area contributed by atoms with Gasteiger partial charge < -0.3 is 0 Å². The maximum Gasteiger partial charge on any atom is 0.173 e. The van der Waals surface area contributed by atoms with Crippen molar-refractivity contribution < 1.29 is 4.79 Å². The Kier molecular flexibility index (Phi) is 4.61. The lowest BCUT2D eigenvalue weighted by molar-refractivity contribution is 0.102. The van der Waals surface area contributed by atoms with Crippen molar-refractivity contribution in [1.82, 2.24) is 9.97 Å². The van der Waals surface area contributed by atoms with Crippen molar-refractivity contribution in [1.29, 1.82) is 0 Å². The zero-order valence-corrected chi connectivity index (χ0v) is 15.3. The number of ketones is 1. The van der Waals surface area contributed by atoms with E-state index < -0.39 is 0 Å². The van der Waals surface area contributed by atoms with Crippen molar-refractivity contribution in [3.63, 3.8) is 0 Å². The molecule has 6 heteroatoms. The van der Waals surface area contributed by atoms with E-state index in [4.69, 9.17) is 0 Å². The number of hydrogen-bond acceptors (Lipinski definition) is 5. The molecule has 0 amide bonds. The topological polar surface area (TPSA) is 42.9 Å². The van der Waals surface area contributed by atoms with Gasteiger partial charge in [0.15, 0.2) is 5.78 Å². The number of thiophene rings is 1. The van der Waals surface area contributed by atoms with E-state index in [0.29, 0.717) is 5.75 Å². The van der Waals surface area contributed by atoms with Gasteiger partial charge in [0.2, 0.25) is 0 Å². The number of benzene rings is 1. The third kappa shape index (κ3) is 3.09. The maximum absolute atomic E-state index is 12.3. The number of nitrogens with zero attached hydrogens (tertiary/aromatic N) is 2. The van der Waals surface area contributed by atoms with Crippen LogP contribution in [0.1, 0.15) is 20.8 Å². The van der Waals surface area contributed by atoms with Crippen LogP contribution in [0.2, 0.25) is 0 Å². The molecule has 3 nitrogen and oxygen atoms in total. The van der Waals surface area contributed by atoms with Gasteiger partial charge >= 0.3 is 0 Å². The van der Waals surface area contributed by atoms with E-state index in [1.54, 1.807) is 17.7 Å². The summed E-state index contributed by atoms with van der Waals surface area (Å²) in [4.78, 5) is 23.2.